The van der Waals surface area contributed by atoms with Crippen LogP contribution in [0.2, 0.25) is 0 Å². The number of phenols is 1. The highest BCUT2D eigenvalue weighted by Crippen LogP contribution is 2.21. The number of aromatic nitrogens is 1. The van der Waals surface area contributed by atoms with E-state index in [1.54, 1.807) is 23.9 Å². The standard InChI is InChI=1S/C17H23N3O2S2/c18-17(22)13-20(8-1-10-23-16-6-7-19-12-16)9-11-24-15-4-2-14(21)3-5-15/h2-7,12,19,21H,1,8-11,13H2,(H2,18,22). The first kappa shape index (κ1) is 18.8. The minimum Gasteiger partial charge on any atom is -0.508 e. The second-order valence-electron chi connectivity index (χ2n) is 5.33. The molecule has 1 amide bonds. The molecule has 2 rings (SSSR count). The fourth-order valence-electron chi connectivity index (χ4n) is 2.20. The quantitative estimate of drug-likeness (QED) is 0.421. The van der Waals surface area contributed by atoms with Crippen molar-refractivity contribution in [2.45, 2.75) is 16.2 Å². The molecule has 0 unspecified atom stereocenters. The Morgan fingerprint density at radius 1 is 1.08 bits per heavy atom. The zero-order chi connectivity index (χ0) is 17.2. The Hall–Kier alpha value is -1.57. The Kier molecular flexibility index (Phi) is 8.07. The molecule has 2 aromatic rings. The molecule has 5 nitrogen and oxygen atoms in total. The molecule has 0 bridgehead atoms. The third-order valence-electron chi connectivity index (χ3n) is 3.35. The maximum Gasteiger partial charge on any atom is 0.231 e. The molecule has 0 aliphatic heterocycles. The van der Waals surface area contributed by atoms with E-state index in [4.69, 9.17) is 5.73 Å². The average Bonchev–Trinajstić information content (AvgIpc) is 3.06. The van der Waals surface area contributed by atoms with Crippen molar-refractivity contribution >= 4 is 29.4 Å². The van der Waals surface area contributed by atoms with Crippen molar-refractivity contribution in [3.8, 4) is 5.75 Å². The van der Waals surface area contributed by atoms with Crippen LogP contribution in [0.3, 0.4) is 0 Å². The van der Waals surface area contributed by atoms with Crippen LogP contribution in [0.15, 0.2) is 52.5 Å². The number of rotatable bonds is 11. The Morgan fingerprint density at radius 3 is 2.50 bits per heavy atom. The predicted octanol–water partition coefficient (Wildman–Crippen LogP) is 2.78. The van der Waals surface area contributed by atoms with E-state index in [1.165, 1.54) is 4.90 Å². The van der Waals surface area contributed by atoms with E-state index in [1.807, 2.05) is 36.3 Å². The molecule has 1 aromatic heterocycles. The van der Waals surface area contributed by atoms with Crippen LogP contribution in [0.25, 0.3) is 0 Å². The monoisotopic (exact) mass is 365 g/mol. The Labute approximate surface area is 151 Å². The number of aromatic amines is 1. The maximum absolute atomic E-state index is 11.2. The van der Waals surface area contributed by atoms with Crippen molar-refractivity contribution in [2.24, 2.45) is 5.73 Å². The first-order chi connectivity index (χ1) is 11.6. The van der Waals surface area contributed by atoms with Gasteiger partial charge in [-0.15, -0.1) is 23.5 Å². The summed E-state index contributed by atoms with van der Waals surface area (Å²) in [6.07, 6.45) is 4.91. The molecule has 0 fully saturated rings. The van der Waals surface area contributed by atoms with Crippen molar-refractivity contribution in [2.75, 3.05) is 31.1 Å². The lowest BCUT2D eigenvalue weighted by Crippen LogP contribution is -2.36. The summed E-state index contributed by atoms with van der Waals surface area (Å²) in [4.78, 5) is 18.7. The number of hydrogen-bond acceptors (Lipinski definition) is 5. The highest BCUT2D eigenvalue weighted by atomic mass is 32.2. The number of H-pyrrole nitrogens is 1. The van der Waals surface area contributed by atoms with E-state index in [0.717, 1.165) is 35.9 Å². The van der Waals surface area contributed by atoms with Gasteiger partial charge in [0.1, 0.15) is 5.75 Å². The summed E-state index contributed by atoms with van der Waals surface area (Å²) < 4.78 is 0. The summed E-state index contributed by atoms with van der Waals surface area (Å²) in [5.74, 6) is 1.87. The van der Waals surface area contributed by atoms with Crippen LogP contribution in [0.4, 0.5) is 0 Å². The fraction of sp³-hybridized carbons (Fsp3) is 0.353. The highest BCUT2D eigenvalue weighted by Gasteiger charge is 2.08. The molecule has 130 valence electrons. The number of nitrogens with one attached hydrogen (secondary N) is 1. The third kappa shape index (κ3) is 7.33. The van der Waals surface area contributed by atoms with Gasteiger partial charge in [0.05, 0.1) is 6.54 Å². The van der Waals surface area contributed by atoms with Crippen molar-refractivity contribution in [1.82, 2.24) is 9.88 Å². The number of aromatic hydroxyl groups is 1. The predicted molar refractivity (Wildman–Crippen MR) is 101 cm³/mol. The molecule has 7 heteroatoms. The van der Waals surface area contributed by atoms with E-state index < -0.39 is 0 Å². The van der Waals surface area contributed by atoms with Crippen molar-refractivity contribution in [3.63, 3.8) is 0 Å². The third-order valence-corrected chi connectivity index (χ3v) is 5.42. The van der Waals surface area contributed by atoms with Crippen LogP contribution in [0.5, 0.6) is 5.75 Å². The van der Waals surface area contributed by atoms with Gasteiger partial charge in [-0.25, -0.2) is 0 Å². The summed E-state index contributed by atoms with van der Waals surface area (Å²) in [5.41, 5.74) is 5.35. The number of primary amides is 1. The first-order valence-corrected chi connectivity index (χ1v) is 9.78. The van der Waals surface area contributed by atoms with E-state index >= 15 is 0 Å². The number of phenolic OH excluding ortho intramolecular Hbond substituents is 1. The second kappa shape index (κ2) is 10.3. The van der Waals surface area contributed by atoms with Gasteiger partial charge in [0, 0.05) is 34.5 Å². The molecule has 0 atom stereocenters. The number of thioether (sulfide) groups is 2. The lowest BCUT2D eigenvalue weighted by molar-refractivity contribution is -0.119. The van der Waals surface area contributed by atoms with Gasteiger partial charge >= 0.3 is 0 Å². The number of carbonyl (C=O) groups is 1. The van der Waals surface area contributed by atoms with Crippen LogP contribution in [0.1, 0.15) is 6.42 Å². The van der Waals surface area contributed by atoms with Gasteiger partial charge < -0.3 is 15.8 Å². The largest absolute Gasteiger partial charge is 0.508 e. The normalized spacial score (nSPS) is 11.0. The van der Waals surface area contributed by atoms with Crippen LogP contribution in [-0.4, -0.2) is 52.0 Å². The molecule has 0 spiro atoms. The summed E-state index contributed by atoms with van der Waals surface area (Å²) in [6.45, 7) is 1.96. The lowest BCUT2D eigenvalue weighted by atomic mass is 10.3. The molecule has 4 N–H and O–H groups in total. The van der Waals surface area contributed by atoms with Gasteiger partial charge in [0.25, 0.3) is 0 Å². The van der Waals surface area contributed by atoms with Crippen molar-refractivity contribution in [1.29, 1.82) is 0 Å². The van der Waals surface area contributed by atoms with Crippen LogP contribution < -0.4 is 5.73 Å². The van der Waals surface area contributed by atoms with Gasteiger partial charge in [-0.3, -0.25) is 9.69 Å². The molecule has 1 heterocycles. The van der Waals surface area contributed by atoms with Gasteiger partial charge in [-0.1, -0.05) is 0 Å². The zero-order valence-corrected chi connectivity index (χ0v) is 15.1. The number of benzene rings is 1. The number of nitrogens with zero attached hydrogens (tertiary/aromatic N) is 1. The summed E-state index contributed by atoms with van der Waals surface area (Å²) >= 11 is 3.51. The van der Waals surface area contributed by atoms with Crippen molar-refractivity contribution in [3.05, 3.63) is 42.7 Å². The van der Waals surface area contributed by atoms with Gasteiger partial charge in [0.15, 0.2) is 0 Å². The maximum atomic E-state index is 11.2. The number of hydrogen-bond donors (Lipinski definition) is 3. The second-order valence-corrected chi connectivity index (χ2v) is 7.67. The zero-order valence-electron chi connectivity index (χ0n) is 13.5. The Morgan fingerprint density at radius 2 is 1.83 bits per heavy atom. The van der Waals surface area contributed by atoms with Gasteiger partial charge in [0.2, 0.25) is 5.91 Å². The fourth-order valence-corrected chi connectivity index (χ4v) is 3.94. The summed E-state index contributed by atoms with van der Waals surface area (Å²) in [6, 6.07) is 9.21. The first-order valence-electron chi connectivity index (χ1n) is 7.81. The van der Waals surface area contributed by atoms with Crippen LogP contribution >= 0.6 is 23.5 Å². The Balaban J connectivity index is 1.69. The smallest absolute Gasteiger partial charge is 0.231 e. The van der Waals surface area contributed by atoms with E-state index in [0.29, 0.717) is 6.54 Å². The van der Waals surface area contributed by atoms with E-state index in [9.17, 15) is 9.90 Å². The Bertz CT molecular complexity index is 603. The molecule has 0 radical (unpaired) electrons. The molecule has 0 aliphatic rings. The minimum absolute atomic E-state index is 0.273. The lowest BCUT2D eigenvalue weighted by Gasteiger charge is -2.20. The van der Waals surface area contributed by atoms with Crippen LogP contribution in [-0.2, 0) is 4.79 Å². The van der Waals surface area contributed by atoms with E-state index in [-0.39, 0.29) is 11.7 Å². The molecular weight excluding hydrogens is 342 g/mol. The van der Waals surface area contributed by atoms with Gasteiger partial charge in [-0.2, -0.15) is 0 Å². The van der Waals surface area contributed by atoms with Gasteiger partial charge in [-0.05, 0) is 49.1 Å². The summed E-state index contributed by atoms with van der Waals surface area (Å²) in [5, 5.41) is 9.29. The molecule has 0 saturated carbocycles. The average molecular weight is 366 g/mol. The number of amides is 1. The molecule has 0 aliphatic carbocycles. The number of carbonyl (C=O) groups excluding carboxylic acids is 1. The summed E-state index contributed by atoms with van der Waals surface area (Å²) in [7, 11) is 0. The highest BCUT2D eigenvalue weighted by molar-refractivity contribution is 7.99. The molecule has 0 saturated heterocycles. The molecule has 24 heavy (non-hydrogen) atoms. The number of nitrogens with two attached hydrogens (primary N) is 1. The van der Waals surface area contributed by atoms with E-state index in [2.05, 4.69) is 16.0 Å². The minimum atomic E-state index is -0.289. The SMILES string of the molecule is NC(=O)CN(CCCSc1cc[nH]c1)CCSc1ccc(O)cc1. The molecule has 1 aromatic carbocycles. The van der Waals surface area contributed by atoms with Crippen LogP contribution in [0, 0.1) is 0 Å². The van der Waals surface area contributed by atoms with Crippen molar-refractivity contribution < 1.29 is 9.90 Å². The molecular formula is C17H23N3O2S2. The topological polar surface area (TPSA) is 82.4 Å².